The number of carbonyl (C=O) groups is 1. The molecule has 0 bridgehead atoms. The van der Waals surface area contributed by atoms with Crippen LogP contribution in [0.15, 0.2) is 75.1 Å². The Morgan fingerprint density at radius 2 is 1.82 bits per heavy atom. The molecule has 0 aliphatic carbocycles. The molecule has 0 aliphatic heterocycles. The van der Waals surface area contributed by atoms with E-state index in [2.05, 4.69) is 19.1 Å². The van der Waals surface area contributed by atoms with Crippen molar-refractivity contribution in [2.24, 2.45) is 0 Å². The van der Waals surface area contributed by atoms with Gasteiger partial charge in [0.15, 0.2) is 5.78 Å². The molecule has 1 unspecified atom stereocenters. The standard InChI is InChI=1S/C21H19NO3S3/c1-2-26-20-11-12-21(28-20)27-19(14-18(23)15-7-4-3-5-8-15)16-9-6-10-17(13-16)22(24)25/h3-13,19H,2,14H2,1H3. The summed E-state index contributed by atoms with van der Waals surface area (Å²) in [6, 6.07) is 19.9. The molecule has 2 aromatic carbocycles. The van der Waals surface area contributed by atoms with Crippen LogP contribution in [-0.2, 0) is 0 Å². The SMILES string of the molecule is CCSc1ccc(SC(CC(=O)c2ccccc2)c2cccc([N+](=O)[O-])c2)s1. The van der Waals surface area contributed by atoms with Gasteiger partial charge in [0, 0.05) is 29.4 Å². The minimum absolute atomic E-state index is 0.0318. The second-order valence-corrected chi connectivity index (χ2v) is 10.1. The van der Waals surface area contributed by atoms with E-state index < -0.39 is 4.92 Å². The number of nitrogens with zero attached hydrogens (tertiary/aromatic N) is 1. The number of thiophene rings is 1. The fourth-order valence-corrected chi connectivity index (χ4v) is 6.39. The van der Waals surface area contributed by atoms with E-state index in [0.717, 1.165) is 15.5 Å². The average Bonchev–Trinajstić information content (AvgIpc) is 3.15. The van der Waals surface area contributed by atoms with E-state index in [4.69, 9.17) is 0 Å². The molecule has 7 heteroatoms. The Hall–Kier alpha value is -2.09. The first-order chi connectivity index (χ1) is 13.6. The van der Waals surface area contributed by atoms with Crippen LogP contribution in [0.4, 0.5) is 5.69 Å². The van der Waals surface area contributed by atoms with Gasteiger partial charge in [-0.15, -0.1) is 34.9 Å². The lowest BCUT2D eigenvalue weighted by Gasteiger charge is -2.15. The lowest BCUT2D eigenvalue weighted by atomic mass is 10.0. The van der Waals surface area contributed by atoms with Crippen molar-refractivity contribution in [2.75, 3.05) is 5.75 Å². The van der Waals surface area contributed by atoms with E-state index in [0.29, 0.717) is 5.56 Å². The van der Waals surface area contributed by atoms with Crippen molar-refractivity contribution in [3.63, 3.8) is 0 Å². The Balaban J connectivity index is 1.87. The number of ketones is 1. The molecule has 0 saturated heterocycles. The summed E-state index contributed by atoms with van der Waals surface area (Å²) in [6.07, 6.45) is 0.282. The van der Waals surface area contributed by atoms with Crippen LogP contribution < -0.4 is 0 Å². The third-order valence-corrected chi connectivity index (χ3v) is 7.64. The molecule has 3 aromatic rings. The lowest BCUT2D eigenvalue weighted by Crippen LogP contribution is -2.05. The highest BCUT2D eigenvalue weighted by molar-refractivity contribution is 8.03. The highest BCUT2D eigenvalue weighted by Crippen LogP contribution is 2.43. The maximum absolute atomic E-state index is 12.8. The minimum Gasteiger partial charge on any atom is -0.294 e. The van der Waals surface area contributed by atoms with Gasteiger partial charge in [0.05, 0.1) is 13.3 Å². The molecular weight excluding hydrogens is 410 g/mol. The van der Waals surface area contributed by atoms with E-state index >= 15 is 0 Å². The fraction of sp³-hybridized carbons (Fsp3) is 0.190. The summed E-state index contributed by atoms with van der Waals surface area (Å²) >= 11 is 5.07. The third kappa shape index (κ3) is 5.47. The summed E-state index contributed by atoms with van der Waals surface area (Å²) in [5.74, 6) is 1.04. The molecule has 0 spiro atoms. The normalized spacial score (nSPS) is 11.9. The van der Waals surface area contributed by atoms with Gasteiger partial charge >= 0.3 is 0 Å². The maximum Gasteiger partial charge on any atom is 0.269 e. The number of non-ortho nitro benzene ring substituents is 1. The molecule has 0 fully saturated rings. The van der Waals surface area contributed by atoms with Gasteiger partial charge in [-0.25, -0.2) is 0 Å². The van der Waals surface area contributed by atoms with Gasteiger partial charge in [-0.05, 0) is 23.4 Å². The number of rotatable bonds is 9. The van der Waals surface area contributed by atoms with Gasteiger partial charge in [0.2, 0.25) is 0 Å². The van der Waals surface area contributed by atoms with Crippen molar-refractivity contribution in [3.8, 4) is 0 Å². The van der Waals surface area contributed by atoms with E-state index in [9.17, 15) is 14.9 Å². The lowest BCUT2D eigenvalue weighted by molar-refractivity contribution is -0.384. The van der Waals surface area contributed by atoms with Gasteiger partial charge in [-0.3, -0.25) is 14.9 Å². The number of carbonyl (C=O) groups excluding carboxylic acids is 1. The van der Waals surface area contributed by atoms with Gasteiger partial charge in [-0.2, -0.15) is 0 Å². The second kappa shape index (κ2) is 9.91. The smallest absolute Gasteiger partial charge is 0.269 e. The molecule has 3 rings (SSSR count). The highest BCUT2D eigenvalue weighted by Gasteiger charge is 2.21. The number of hydrogen-bond donors (Lipinski definition) is 0. The highest BCUT2D eigenvalue weighted by atomic mass is 32.2. The van der Waals surface area contributed by atoms with Crippen LogP contribution in [0.5, 0.6) is 0 Å². The summed E-state index contributed by atoms with van der Waals surface area (Å²) in [7, 11) is 0. The summed E-state index contributed by atoms with van der Waals surface area (Å²) in [5.41, 5.74) is 1.50. The van der Waals surface area contributed by atoms with E-state index in [1.54, 1.807) is 59.1 Å². The molecule has 0 N–H and O–H groups in total. The first kappa shape index (κ1) is 20.6. The first-order valence-corrected chi connectivity index (χ1v) is 11.5. The quantitative estimate of drug-likeness (QED) is 0.161. The van der Waals surface area contributed by atoms with Crippen LogP contribution in [0, 0.1) is 10.1 Å². The number of nitro benzene ring substituents is 1. The largest absolute Gasteiger partial charge is 0.294 e. The predicted octanol–water partition coefficient (Wildman–Crippen LogP) is 6.87. The van der Waals surface area contributed by atoms with Crippen LogP contribution in [0.2, 0.25) is 0 Å². The summed E-state index contributed by atoms with van der Waals surface area (Å²) in [5, 5.41) is 11.0. The van der Waals surface area contributed by atoms with E-state index in [1.807, 2.05) is 24.3 Å². The monoisotopic (exact) mass is 429 g/mol. The van der Waals surface area contributed by atoms with E-state index in [-0.39, 0.29) is 23.1 Å². The van der Waals surface area contributed by atoms with Crippen LogP contribution in [0.25, 0.3) is 0 Å². The van der Waals surface area contributed by atoms with Crippen molar-refractivity contribution in [3.05, 3.63) is 88.0 Å². The van der Waals surface area contributed by atoms with Gasteiger partial charge in [0.1, 0.15) is 0 Å². The molecule has 1 atom stereocenters. The molecule has 0 aliphatic rings. The van der Waals surface area contributed by atoms with Crippen molar-refractivity contribution < 1.29 is 9.72 Å². The molecule has 0 amide bonds. The second-order valence-electron chi connectivity index (χ2n) is 5.96. The molecule has 4 nitrogen and oxygen atoms in total. The minimum atomic E-state index is -0.397. The van der Waals surface area contributed by atoms with Crippen molar-refractivity contribution >= 4 is 46.3 Å². The molecule has 144 valence electrons. The van der Waals surface area contributed by atoms with E-state index in [1.165, 1.54) is 10.3 Å². The zero-order valence-electron chi connectivity index (χ0n) is 15.2. The number of nitro groups is 1. The summed E-state index contributed by atoms with van der Waals surface area (Å²) in [6.45, 7) is 2.11. The van der Waals surface area contributed by atoms with Crippen LogP contribution in [0.3, 0.4) is 0 Å². The third-order valence-electron chi connectivity index (χ3n) is 4.02. The molecule has 0 saturated carbocycles. The predicted molar refractivity (Wildman–Crippen MR) is 118 cm³/mol. The number of Topliss-reactive ketones (excluding diaryl/α,β-unsaturated/α-hetero) is 1. The molecule has 1 heterocycles. The van der Waals surface area contributed by atoms with Crippen LogP contribution in [-0.4, -0.2) is 16.5 Å². The van der Waals surface area contributed by atoms with Crippen LogP contribution >= 0.6 is 34.9 Å². The molecular formula is C21H19NO3S3. The topological polar surface area (TPSA) is 60.2 Å². The zero-order valence-corrected chi connectivity index (χ0v) is 17.7. The van der Waals surface area contributed by atoms with Crippen LogP contribution in [0.1, 0.15) is 34.5 Å². The maximum atomic E-state index is 12.8. The van der Waals surface area contributed by atoms with Crippen molar-refractivity contribution in [2.45, 2.75) is 27.0 Å². The summed E-state index contributed by atoms with van der Waals surface area (Å²) in [4.78, 5) is 23.6. The fourth-order valence-electron chi connectivity index (χ4n) is 2.70. The van der Waals surface area contributed by atoms with Gasteiger partial charge in [-0.1, -0.05) is 49.4 Å². The average molecular weight is 430 g/mol. The Bertz CT molecular complexity index is 956. The Morgan fingerprint density at radius 3 is 2.54 bits per heavy atom. The summed E-state index contributed by atoms with van der Waals surface area (Å²) < 4.78 is 2.34. The molecule has 1 aromatic heterocycles. The zero-order chi connectivity index (χ0) is 19.9. The van der Waals surface area contributed by atoms with Crippen molar-refractivity contribution in [1.82, 2.24) is 0 Å². The number of benzene rings is 2. The number of hydrogen-bond acceptors (Lipinski definition) is 6. The van der Waals surface area contributed by atoms with Crippen molar-refractivity contribution in [1.29, 1.82) is 0 Å². The first-order valence-electron chi connectivity index (χ1n) is 8.78. The van der Waals surface area contributed by atoms with Gasteiger partial charge in [0.25, 0.3) is 5.69 Å². The number of thioether (sulfide) groups is 2. The Labute approximate surface area is 176 Å². The Kier molecular flexibility index (Phi) is 7.30. The Morgan fingerprint density at radius 1 is 1.07 bits per heavy atom. The molecule has 0 radical (unpaired) electrons. The molecule has 28 heavy (non-hydrogen) atoms. The van der Waals surface area contributed by atoms with Gasteiger partial charge < -0.3 is 0 Å².